The van der Waals surface area contributed by atoms with Crippen molar-refractivity contribution < 1.29 is 4.79 Å². The van der Waals surface area contributed by atoms with Crippen molar-refractivity contribution in [3.05, 3.63) is 34.9 Å². The molecule has 2 N–H and O–H groups in total. The fraction of sp³-hybridized carbons (Fsp3) is 0.500. The van der Waals surface area contributed by atoms with Crippen molar-refractivity contribution in [1.82, 2.24) is 10.6 Å². The van der Waals surface area contributed by atoms with Gasteiger partial charge in [-0.05, 0) is 43.1 Å². The van der Waals surface area contributed by atoms with Gasteiger partial charge in [0.2, 0.25) is 5.91 Å². The number of nitrogens with one attached hydrogen (secondary N) is 2. The van der Waals surface area contributed by atoms with Gasteiger partial charge in [-0.15, -0.1) is 12.4 Å². The van der Waals surface area contributed by atoms with E-state index < -0.39 is 0 Å². The molecule has 1 saturated heterocycles. The van der Waals surface area contributed by atoms with Crippen molar-refractivity contribution >= 4 is 29.9 Å². The Morgan fingerprint density at radius 2 is 2.26 bits per heavy atom. The molecule has 0 bridgehead atoms. The van der Waals surface area contributed by atoms with Crippen molar-refractivity contribution in [3.8, 4) is 0 Å². The highest BCUT2D eigenvalue weighted by molar-refractivity contribution is 6.30. The molecule has 0 saturated carbocycles. The Kier molecular flexibility index (Phi) is 6.63. The zero-order chi connectivity index (χ0) is 13.0. The molecule has 0 radical (unpaired) electrons. The lowest BCUT2D eigenvalue weighted by Crippen LogP contribution is -2.49. The van der Waals surface area contributed by atoms with E-state index in [9.17, 15) is 4.79 Å². The predicted molar refractivity (Wildman–Crippen MR) is 80.9 cm³/mol. The number of carbonyl (C=O) groups excluding carboxylic acids is 1. The Labute approximate surface area is 125 Å². The van der Waals surface area contributed by atoms with Crippen molar-refractivity contribution in [2.45, 2.75) is 13.3 Å². The zero-order valence-electron chi connectivity index (χ0n) is 11.0. The maximum atomic E-state index is 11.9. The Bertz CT molecular complexity index is 422. The second-order valence-corrected chi connectivity index (χ2v) is 5.31. The van der Waals surface area contributed by atoms with E-state index in [-0.39, 0.29) is 24.2 Å². The molecule has 1 aromatic rings. The molecule has 1 amide bonds. The van der Waals surface area contributed by atoms with E-state index in [0.29, 0.717) is 12.5 Å². The first-order chi connectivity index (χ1) is 8.66. The summed E-state index contributed by atoms with van der Waals surface area (Å²) in [5.74, 6) is 0.755. The molecule has 1 unspecified atom stereocenters. The molecule has 3 nitrogen and oxygen atoms in total. The standard InChI is InChI=1S/C14H19ClN2O.ClH/c1-10(12-8-16-9-12)14(18)17-6-5-11-3-2-4-13(15)7-11;/h2-4,7,10,12,16H,5-6,8-9H2,1H3,(H,17,18);1H. The second-order valence-electron chi connectivity index (χ2n) is 4.88. The number of rotatable bonds is 5. The van der Waals surface area contributed by atoms with Crippen LogP contribution >= 0.6 is 24.0 Å². The molecule has 1 aliphatic rings. The van der Waals surface area contributed by atoms with Crippen LogP contribution in [0.1, 0.15) is 12.5 Å². The molecule has 2 rings (SSSR count). The van der Waals surface area contributed by atoms with Crippen LogP contribution in [0.3, 0.4) is 0 Å². The van der Waals surface area contributed by atoms with Crippen molar-refractivity contribution in [3.63, 3.8) is 0 Å². The molecule has 1 aliphatic heterocycles. The molecule has 0 aliphatic carbocycles. The van der Waals surface area contributed by atoms with Crippen LogP contribution in [0.5, 0.6) is 0 Å². The van der Waals surface area contributed by atoms with Gasteiger partial charge in [0.05, 0.1) is 0 Å². The molecule has 1 aromatic carbocycles. The largest absolute Gasteiger partial charge is 0.356 e. The topological polar surface area (TPSA) is 41.1 Å². The van der Waals surface area contributed by atoms with Gasteiger partial charge in [-0.2, -0.15) is 0 Å². The number of hydrogen-bond acceptors (Lipinski definition) is 2. The summed E-state index contributed by atoms with van der Waals surface area (Å²) >= 11 is 5.91. The number of carbonyl (C=O) groups is 1. The van der Waals surface area contributed by atoms with Crippen LogP contribution in [-0.2, 0) is 11.2 Å². The Hall–Kier alpha value is -0.770. The summed E-state index contributed by atoms with van der Waals surface area (Å²) in [6.45, 7) is 4.59. The van der Waals surface area contributed by atoms with E-state index >= 15 is 0 Å². The summed E-state index contributed by atoms with van der Waals surface area (Å²) in [5, 5.41) is 6.92. The summed E-state index contributed by atoms with van der Waals surface area (Å²) < 4.78 is 0. The van der Waals surface area contributed by atoms with Gasteiger partial charge < -0.3 is 10.6 Å². The van der Waals surface area contributed by atoms with Crippen LogP contribution in [0.2, 0.25) is 5.02 Å². The van der Waals surface area contributed by atoms with Gasteiger partial charge in [-0.3, -0.25) is 4.79 Å². The molecule has 1 atom stereocenters. The summed E-state index contributed by atoms with van der Waals surface area (Å²) in [5.41, 5.74) is 1.15. The van der Waals surface area contributed by atoms with E-state index in [0.717, 1.165) is 30.1 Å². The van der Waals surface area contributed by atoms with Crippen molar-refractivity contribution in [2.75, 3.05) is 19.6 Å². The van der Waals surface area contributed by atoms with E-state index in [1.54, 1.807) is 0 Å². The molecule has 5 heteroatoms. The lowest BCUT2D eigenvalue weighted by atomic mass is 9.88. The first kappa shape index (κ1) is 16.3. The van der Waals surface area contributed by atoms with Gasteiger partial charge in [0.15, 0.2) is 0 Å². The van der Waals surface area contributed by atoms with Crippen LogP contribution in [0, 0.1) is 11.8 Å². The van der Waals surface area contributed by atoms with Crippen LogP contribution in [0.25, 0.3) is 0 Å². The Morgan fingerprint density at radius 3 is 2.84 bits per heavy atom. The van der Waals surface area contributed by atoms with Crippen LogP contribution in [0.15, 0.2) is 24.3 Å². The van der Waals surface area contributed by atoms with Crippen LogP contribution < -0.4 is 10.6 Å². The number of hydrogen-bond donors (Lipinski definition) is 2. The van der Waals surface area contributed by atoms with Gasteiger partial charge in [-0.1, -0.05) is 30.7 Å². The third-order valence-corrected chi connectivity index (χ3v) is 3.77. The maximum Gasteiger partial charge on any atom is 0.223 e. The monoisotopic (exact) mass is 302 g/mol. The highest BCUT2D eigenvalue weighted by Gasteiger charge is 2.28. The van der Waals surface area contributed by atoms with Gasteiger partial charge in [0.25, 0.3) is 0 Å². The Morgan fingerprint density at radius 1 is 1.53 bits per heavy atom. The van der Waals surface area contributed by atoms with Gasteiger partial charge in [-0.25, -0.2) is 0 Å². The summed E-state index contributed by atoms with van der Waals surface area (Å²) in [6.07, 6.45) is 0.821. The first-order valence-electron chi connectivity index (χ1n) is 6.39. The van der Waals surface area contributed by atoms with Crippen molar-refractivity contribution in [2.24, 2.45) is 11.8 Å². The lowest BCUT2D eigenvalue weighted by molar-refractivity contribution is -0.126. The third-order valence-electron chi connectivity index (χ3n) is 3.54. The molecule has 0 aromatic heterocycles. The van der Waals surface area contributed by atoms with Crippen molar-refractivity contribution in [1.29, 1.82) is 0 Å². The van der Waals surface area contributed by atoms with Crippen LogP contribution in [0.4, 0.5) is 0 Å². The van der Waals surface area contributed by atoms with E-state index in [1.807, 2.05) is 31.2 Å². The summed E-state index contributed by atoms with van der Waals surface area (Å²) in [6, 6.07) is 7.75. The predicted octanol–water partition coefficient (Wildman–Crippen LogP) is 2.28. The average molecular weight is 303 g/mol. The minimum absolute atomic E-state index is 0. The zero-order valence-corrected chi connectivity index (χ0v) is 12.6. The normalized spacial score (nSPS) is 16.1. The van der Waals surface area contributed by atoms with E-state index in [1.165, 1.54) is 0 Å². The molecular formula is C14H20Cl2N2O. The maximum absolute atomic E-state index is 11.9. The average Bonchev–Trinajstić information content (AvgIpc) is 2.26. The Balaban J connectivity index is 0.00000180. The number of halogens is 2. The molecule has 1 fully saturated rings. The van der Waals surface area contributed by atoms with E-state index in [4.69, 9.17) is 11.6 Å². The quantitative estimate of drug-likeness (QED) is 0.876. The lowest BCUT2D eigenvalue weighted by Gasteiger charge is -2.31. The van der Waals surface area contributed by atoms with E-state index in [2.05, 4.69) is 10.6 Å². The highest BCUT2D eigenvalue weighted by atomic mass is 35.5. The fourth-order valence-corrected chi connectivity index (χ4v) is 2.28. The minimum Gasteiger partial charge on any atom is -0.356 e. The van der Waals surface area contributed by atoms with Gasteiger partial charge in [0.1, 0.15) is 0 Å². The fourth-order valence-electron chi connectivity index (χ4n) is 2.06. The highest BCUT2D eigenvalue weighted by Crippen LogP contribution is 2.15. The number of amides is 1. The minimum atomic E-state index is 0. The van der Waals surface area contributed by atoms with Gasteiger partial charge >= 0.3 is 0 Å². The third kappa shape index (κ3) is 4.68. The molecule has 0 spiro atoms. The van der Waals surface area contributed by atoms with Crippen LogP contribution in [-0.4, -0.2) is 25.5 Å². The smallest absolute Gasteiger partial charge is 0.223 e. The SMILES string of the molecule is CC(C(=O)NCCc1cccc(Cl)c1)C1CNC1.Cl. The molecule has 106 valence electrons. The number of benzene rings is 1. The summed E-state index contributed by atoms with van der Waals surface area (Å²) in [7, 11) is 0. The molecule has 1 heterocycles. The van der Waals surface area contributed by atoms with Gasteiger partial charge in [0, 0.05) is 17.5 Å². The second kappa shape index (κ2) is 7.73. The molecule has 19 heavy (non-hydrogen) atoms. The molecular weight excluding hydrogens is 283 g/mol. The first-order valence-corrected chi connectivity index (χ1v) is 6.77. The summed E-state index contributed by atoms with van der Waals surface area (Å²) in [4.78, 5) is 11.9.